The first-order chi connectivity index (χ1) is 9.04. The molecule has 1 atom stereocenters. The second kappa shape index (κ2) is 7.87. The highest BCUT2D eigenvalue weighted by Gasteiger charge is 2.22. The quantitative estimate of drug-likeness (QED) is 0.795. The zero-order valence-electron chi connectivity index (χ0n) is 11.6. The number of unbranched alkanes of at least 4 members (excludes halogenated alkanes) is 1. The molecule has 0 aliphatic carbocycles. The van der Waals surface area contributed by atoms with E-state index in [0.29, 0.717) is 17.2 Å². The number of methoxy groups -OCH3 is 1. The summed E-state index contributed by atoms with van der Waals surface area (Å²) in [4.78, 5) is 13.9. The van der Waals surface area contributed by atoms with E-state index in [-0.39, 0.29) is 11.9 Å². The topological polar surface area (TPSA) is 64.3 Å². The molecule has 0 aromatic carbocycles. The lowest BCUT2D eigenvalue weighted by Crippen LogP contribution is -2.39. The fraction of sp³-hybridized carbons (Fsp3) is 0.615. The zero-order chi connectivity index (χ0) is 14.4. The standard InChI is InChI=1S/C13H21BrN2O2S/c1-4-5-6-9(7-15)16-13(17)12-11(18-3)10(14)8(2)19-12/h9H,4-7,15H2,1-3H3,(H,16,17). The van der Waals surface area contributed by atoms with Crippen LogP contribution in [-0.2, 0) is 0 Å². The van der Waals surface area contributed by atoms with Gasteiger partial charge < -0.3 is 15.8 Å². The van der Waals surface area contributed by atoms with Crippen LogP contribution in [0.4, 0.5) is 0 Å². The minimum atomic E-state index is -0.109. The van der Waals surface area contributed by atoms with Crippen molar-refractivity contribution in [3.05, 3.63) is 14.2 Å². The maximum absolute atomic E-state index is 12.3. The number of hydrogen-bond donors (Lipinski definition) is 2. The van der Waals surface area contributed by atoms with E-state index in [9.17, 15) is 4.79 Å². The number of nitrogens with two attached hydrogens (primary N) is 1. The molecule has 4 nitrogen and oxygen atoms in total. The van der Waals surface area contributed by atoms with Crippen LogP contribution in [-0.4, -0.2) is 25.6 Å². The van der Waals surface area contributed by atoms with E-state index in [1.54, 1.807) is 7.11 Å². The van der Waals surface area contributed by atoms with Crippen molar-refractivity contribution in [2.75, 3.05) is 13.7 Å². The number of nitrogens with one attached hydrogen (secondary N) is 1. The van der Waals surface area contributed by atoms with Gasteiger partial charge in [-0.3, -0.25) is 4.79 Å². The second-order valence-corrected chi connectivity index (χ2v) is 6.40. The van der Waals surface area contributed by atoms with Gasteiger partial charge in [0, 0.05) is 17.5 Å². The fourth-order valence-corrected chi connectivity index (χ4v) is 3.44. The Hall–Kier alpha value is -0.590. The molecule has 6 heteroatoms. The smallest absolute Gasteiger partial charge is 0.265 e. The van der Waals surface area contributed by atoms with Crippen molar-refractivity contribution < 1.29 is 9.53 Å². The van der Waals surface area contributed by atoms with Gasteiger partial charge in [0.1, 0.15) is 4.88 Å². The molecular weight excluding hydrogens is 328 g/mol. The summed E-state index contributed by atoms with van der Waals surface area (Å²) >= 11 is 4.86. The molecule has 1 amide bonds. The Kier molecular flexibility index (Phi) is 6.82. The second-order valence-electron chi connectivity index (χ2n) is 4.38. The van der Waals surface area contributed by atoms with Crippen LogP contribution in [0.3, 0.4) is 0 Å². The molecule has 1 rings (SSSR count). The minimum absolute atomic E-state index is 0.0262. The van der Waals surface area contributed by atoms with E-state index in [4.69, 9.17) is 10.5 Å². The van der Waals surface area contributed by atoms with Crippen molar-refractivity contribution in [1.29, 1.82) is 0 Å². The van der Waals surface area contributed by atoms with Crippen LogP contribution in [0.2, 0.25) is 0 Å². The molecule has 108 valence electrons. The van der Waals surface area contributed by atoms with Crippen molar-refractivity contribution in [3.63, 3.8) is 0 Å². The molecule has 0 bridgehead atoms. The summed E-state index contributed by atoms with van der Waals surface area (Å²) in [5.74, 6) is 0.494. The lowest BCUT2D eigenvalue weighted by Gasteiger charge is -2.16. The van der Waals surface area contributed by atoms with Gasteiger partial charge >= 0.3 is 0 Å². The Bertz CT molecular complexity index is 435. The molecule has 0 fully saturated rings. The summed E-state index contributed by atoms with van der Waals surface area (Å²) in [7, 11) is 1.57. The fourth-order valence-electron chi connectivity index (χ4n) is 1.79. The number of carbonyl (C=O) groups is 1. The van der Waals surface area contributed by atoms with Crippen LogP contribution in [0.1, 0.15) is 40.7 Å². The maximum atomic E-state index is 12.3. The number of amides is 1. The largest absolute Gasteiger partial charge is 0.494 e. The zero-order valence-corrected chi connectivity index (χ0v) is 14.0. The minimum Gasteiger partial charge on any atom is -0.494 e. The van der Waals surface area contributed by atoms with Crippen molar-refractivity contribution in [2.24, 2.45) is 5.73 Å². The van der Waals surface area contributed by atoms with E-state index < -0.39 is 0 Å². The van der Waals surface area contributed by atoms with E-state index in [1.807, 2.05) is 6.92 Å². The average molecular weight is 349 g/mol. The van der Waals surface area contributed by atoms with Gasteiger partial charge in [-0.15, -0.1) is 11.3 Å². The summed E-state index contributed by atoms with van der Waals surface area (Å²) in [5, 5.41) is 2.98. The predicted octanol–water partition coefficient (Wildman–Crippen LogP) is 3.07. The maximum Gasteiger partial charge on any atom is 0.265 e. The third kappa shape index (κ3) is 4.19. The van der Waals surface area contributed by atoms with Crippen LogP contribution < -0.4 is 15.8 Å². The Labute approximate surface area is 126 Å². The number of ether oxygens (including phenoxy) is 1. The molecule has 0 saturated carbocycles. The SMILES string of the molecule is CCCCC(CN)NC(=O)c1sc(C)c(Br)c1OC. The van der Waals surface area contributed by atoms with E-state index >= 15 is 0 Å². The molecule has 0 saturated heterocycles. The Morgan fingerprint density at radius 1 is 1.58 bits per heavy atom. The van der Waals surface area contributed by atoms with E-state index in [1.165, 1.54) is 11.3 Å². The molecular formula is C13H21BrN2O2S. The number of aryl methyl sites for hydroxylation is 1. The Balaban J connectivity index is 2.79. The molecule has 1 unspecified atom stereocenters. The Morgan fingerprint density at radius 2 is 2.26 bits per heavy atom. The summed E-state index contributed by atoms with van der Waals surface area (Å²) < 4.78 is 6.14. The number of rotatable bonds is 7. The summed E-state index contributed by atoms with van der Waals surface area (Å²) in [6, 6.07) is 0.0262. The van der Waals surface area contributed by atoms with Crippen molar-refractivity contribution in [2.45, 2.75) is 39.2 Å². The molecule has 1 aromatic rings. The number of carbonyl (C=O) groups excluding carboxylic acids is 1. The van der Waals surface area contributed by atoms with Crippen LogP contribution in [0, 0.1) is 6.92 Å². The predicted molar refractivity (Wildman–Crippen MR) is 83.1 cm³/mol. The molecule has 1 heterocycles. The van der Waals surface area contributed by atoms with Gasteiger partial charge in [-0.05, 0) is 29.3 Å². The first kappa shape index (κ1) is 16.5. The van der Waals surface area contributed by atoms with Gasteiger partial charge in [0.2, 0.25) is 0 Å². The van der Waals surface area contributed by atoms with Crippen LogP contribution in [0.15, 0.2) is 4.47 Å². The summed E-state index contributed by atoms with van der Waals surface area (Å²) in [6.07, 6.45) is 3.07. The molecule has 1 aromatic heterocycles. The van der Waals surface area contributed by atoms with Gasteiger partial charge in [-0.25, -0.2) is 0 Å². The molecule has 0 aliphatic rings. The lowest BCUT2D eigenvalue weighted by atomic mass is 10.1. The van der Waals surface area contributed by atoms with Gasteiger partial charge in [0.05, 0.1) is 11.6 Å². The highest BCUT2D eigenvalue weighted by atomic mass is 79.9. The van der Waals surface area contributed by atoms with Gasteiger partial charge in [-0.2, -0.15) is 0 Å². The molecule has 19 heavy (non-hydrogen) atoms. The number of halogens is 1. The van der Waals surface area contributed by atoms with E-state index in [0.717, 1.165) is 28.6 Å². The Morgan fingerprint density at radius 3 is 2.79 bits per heavy atom. The van der Waals surface area contributed by atoms with Gasteiger partial charge in [0.25, 0.3) is 5.91 Å². The highest BCUT2D eigenvalue weighted by molar-refractivity contribution is 9.10. The first-order valence-electron chi connectivity index (χ1n) is 6.38. The van der Waals surface area contributed by atoms with Crippen molar-refractivity contribution in [1.82, 2.24) is 5.32 Å². The monoisotopic (exact) mass is 348 g/mol. The number of thiophene rings is 1. The normalized spacial score (nSPS) is 12.3. The highest BCUT2D eigenvalue weighted by Crippen LogP contribution is 2.39. The lowest BCUT2D eigenvalue weighted by molar-refractivity contribution is 0.0937. The van der Waals surface area contributed by atoms with Crippen LogP contribution in [0.5, 0.6) is 5.75 Å². The van der Waals surface area contributed by atoms with Gasteiger partial charge in [-0.1, -0.05) is 19.8 Å². The van der Waals surface area contributed by atoms with Crippen LogP contribution in [0.25, 0.3) is 0 Å². The third-order valence-corrected chi connectivity index (χ3v) is 5.21. The van der Waals surface area contributed by atoms with Crippen molar-refractivity contribution >= 4 is 33.2 Å². The average Bonchev–Trinajstić information content (AvgIpc) is 2.70. The van der Waals surface area contributed by atoms with Crippen LogP contribution >= 0.6 is 27.3 Å². The molecule has 0 radical (unpaired) electrons. The number of hydrogen-bond acceptors (Lipinski definition) is 4. The van der Waals surface area contributed by atoms with Gasteiger partial charge in [0.15, 0.2) is 5.75 Å². The first-order valence-corrected chi connectivity index (χ1v) is 7.99. The van der Waals surface area contributed by atoms with Crippen molar-refractivity contribution in [3.8, 4) is 5.75 Å². The summed E-state index contributed by atoms with van der Waals surface area (Å²) in [6.45, 7) is 4.53. The van der Waals surface area contributed by atoms with E-state index in [2.05, 4.69) is 28.2 Å². The third-order valence-electron chi connectivity index (χ3n) is 2.91. The molecule has 0 spiro atoms. The molecule has 3 N–H and O–H groups in total. The summed E-state index contributed by atoms with van der Waals surface area (Å²) in [5.41, 5.74) is 5.69. The molecule has 0 aliphatic heterocycles.